The van der Waals surface area contributed by atoms with Crippen LogP contribution in [-0.2, 0) is 13.1 Å². The molecule has 1 atom stereocenters. The summed E-state index contributed by atoms with van der Waals surface area (Å²) in [4.78, 5) is 27.4. The van der Waals surface area contributed by atoms with Gasteiger partial charge in [-0.2, -0.15) is 0 Å². The number of nitrogens with one attached hydrogen (secondary N) is 1. The monoisotopic (exact) mass is 375 g/mol. The molecule has 0 bridgehead atoms. The van der Waals surface area contributed by atoms with E-state index in [0.29, 0.717) is 19.6 Å². The molecule has 1 aliphatic rings. The molecule has 0 spiro atoms. The van der Waals surface area contributed by atoms with Crippen molar-refractivity contribution in [2.24, 2.45) is 0 Å². The van der Waals surface area contributed by atoms with Crippen molar-refractivity contribution >= 4 is 11.8 Å². The van der Waals surface area contributed by atoms with E-state index >= 15 is 0 Å². The van der Waals surface area contributed by atoms with Crippen LogP contribution in [0.2, 0.25) is 0 Å². The van der Waals surface area contributed by atoms with Gasteiger partial charge in [-0.15, -0.1) is 5.10 Å². The molecule has 28 heavy (non-hydrogen) atoms. The first-order valence-electron chi connectivity index (χ1n) is 9.30. The second-order valence-corrected chi connectivity index (χ2v) is 6.71. The summed E-state index contributed by atoms with van der Waals surface area (Å²) in [6.45, 7) is 3.31. The molecule has 0 unspecified atom stereocenters. The van der Waals surface area contributed by atoms with Crippen LogP contribution in [0.3, 0.4) is 0 Å². The van der Waals surface area contributed by atoms with Crippen molar-refractivity contribution in [1.29, 1.82) is 0 Å². The molecule has 7 heteroatoms. The van der Waals surface area contributed by atoms with Gasteiger partial charge in [0.1, 0.15) is 0 Å². The summed E-state index contributed by atoms with van der Waals surface area (Å²) in [5.74, 6) is -0.620. The normalized spacial score (nSPS) is 15.6. The van der Waals surface area contributed by atoms with Crippen LogP contribution in [0.25, 0.3) is 0 Å². The average molecular weight is 375 g/mol. The number of aromatic nitrogens is 3. The van der Waals surface area contributed by atoms with Crippen LogP contribution in [-0.4, -0.2) is 38.3 Å². The molecule has 2 aromatic carbocycles. The highest BCUT2D eigenvalue weighted by Crippen LogP contribution is 2.22. The Morgan fingerprint density at radius 3 is 2.50 bits per heavy atom. The average Bonchev–Trinajstić information content (AvgIpc) is 3.17. The summed E-state index contributed by atoms with van der Waals surface area (Å²) in [6.07, 6.45) is 0. The van der Waals surface area contributed by atoms with E-state index in [4.69, 9.17) is 0 Å². The van der Waals surface area contributed by atoms with Crippen LogP contribution in [0.5, 0.6) is 0 Å². The SMILES string of the molecule is CCN(Cc1ccccc1)C(=O)c1nnn2c1C(=O)N[C@@H](c1ccccc1)C2. The summed E-state index contributed by atoms with van der Waals surface area (Å²) in [5, 5.41) is 11.1. The van der Waals surface area contributed by atoms with Crippen molar-refractivity contribution in [3.8, 4) is 0 Å². The quantitative estimate of drug-likeness (QED) is 0.743. The molecule has 0 saturated heterocycles. The smallest absolute Gasteiger partial charge is 0.277 e. The maximum Gasteiger partial charge on any atom is 0.277 e. The van der Waals surface area contributed by atoms with Crippen LogP contribution >= 0.6 is 0 Å². The molecule has 1 aromatic heterocycles. The highest BCUT2D eigenvalue weighted by atomic mass is 16.2. The van der Waals surface area contributed by atoms with Gasteiger partial charge in [0.2, 0.25) is 0 Å². The van der Waals surface area contributed by atoms with Crippen LogP contribution in [0.4, 0.5) is 0 Å². The standard InChI is InChI=1S/C21H21N5O2/c1-2-25(13-15-9-5-3-6-10-15)21(28)18-19-20(27)22-17(14-26(19)24-23-18)16-11-7-4-8-12-16/h3-12,17H,2,13-14H2,1H3,(H,22,27)/t17-/m1/s1. The van der Waals surface area contributed by atoms with Crippen molar-refractivity contribution in [1.82, 2.24) is 25.2 Å². The van der Waals surface area contributed by atoms with Gasteiger partial charge in [-0.3, -0.25) is 9.59 Å². The number of hydrogen-bond acceptors (Lipinski definition) is 4. The third-order valence-electron chi connectivity index (χ3n) is 4.90. The largest absolute Gasteiger partial charge is 0.342 e. The number of carbonyl (C=O) groups excluding carboxylic acids is 2. The Kier molecular flexibility index (Phi) is 4.89. The van der Waals surface area contributed by atoms with Gasteiger partial charge in [0.25, 0.3) is 11.8 Å². The van der Waals surface area contributed by atoms with E-state index in [0.717, 1.165) is 11.1 Å². The third kappa shape index (κ3) is 3.38. The van der Waals surface area contributed by atoms with Gasteiger partial charge in [-0.1, -0.05) is 65.9 Å². The Morgan fingerprint density at radius 1 is 1.14 bits per heavy atom. The van der Waals surface area contributed by atoms with Crippen molar-refractivity contribution < 1.29 is 9.59 Å². The van der Waals surface area contributed by atoms with Crippen molar-refractivity contribution in [2.75, 3.05) is 6.54 Å². The number of fused-ring (bicyclic) bond motifs is 1. The highest BCUT2D eigenvalue weighted by Gasteiger charge is 2.34. The van der Waals surface area contributed by atoms with Gasteiger partial charge in [-0.25, -0.2) is 4.68 Å². The molecule has 3 aromatic rings. The maximum absolute atomic E-state index is 13.0. The third-order valence-corrected chi connectivity index (χ3v) is 4.90. The highest BCUT2D eigenvalue weighted by molar-refractivity contribution is 6.05. The van der Waals surface area contributed by atoms with Gasteiger partial charge in [-0.05, 0) is 18.1 Å². The lowest BCUT2D eigenvalue weighted by atomic mass is 10.0. The first kappa shape index (κ1) is 17.9. The van der Waals surface area contributed by atoms with E-state index in [2.05, 4.69) is 15.6 Å². The molecule has 7 nitrogen and oxygen atoms in total. The van der Waals surface area contributed by atoms with Crippen molar-refractivity contribution in [2.45, 2.75) is 26.1 Å². The summed E-state index contributed by atoms with van der Waals surface area (Å²) in [7, 11) is 0. The predicted octanol–water partition coefficient (Wildman–Crippen LogP) is 2.43. The fraction of sp³-hybridized carbons (Fsp3) is 0.238. The van der Waals surface area contributed by atoms with E-state index in [1.807, 2.05) is 67.6 Å². The molecular formula is C21H21N5O2. The van der Waals surface area contributed by atoms with Crippen molar-refractivity contribution in [3.63, 3.8) is 0 Å². The number of carbonyl (C=O) groups is 2. The van der Waals surface area contributed by atoms with Gasteiger partial charge >= 0.3 is 0 Å². The van der Waals surface area contributed by atoms with Gasteiger partial charge in [0.15, 0.2) is 11.4 Å². The molecule has 142 valence electrons. The molecule has 1 aliphatic heterocycles. The van der Waals surface area contributed by atoms with Crippen LogP contribution in [0.15, 0.2) is 60.7 Å². The Hall–Kier alpha value is -3.48. The zero-order valence-corrected chi connectivity index (χ0v) is 15.6. The van der Waals surface area contributed by atoms with E-state index in [1.54, 1.807) is 4.90 Å². The first-order valence-corrected chi connectivity index (χ1v) is 9.30. The fourth-order valence-corrected chi connectivity index (χ4v) is 3.41. The Balaban J connectivity index is 1.58. The van der Waals surface area contributed by atoms with Crippen molar-refractivity contribution in [3.05, 3.63) is 83.2 Å². The summed E-state index contributed by atoms with van der Waals surface area (Å²) in [6, 6.07) is 19.2. The van der Waals surface area contributed by atoms with Gasteiger partial charge < -0.3 is 10.2 Å². The van der Waals surface area contributed by atoms with Gasteiger partial charge in [0.05, 0.1) is 12.6 Å². The minimum atomic E-state index is -0.329. The summed E-state index contributed by atoms with van der Waals surface area (Å²) >= 11 is 0. The number of nitrogens with zero attached hydrogens (tertiary/aromatic N) is 4. The first-order chi connectivity index (χ1) is 13.7. The minimum absolute atomic E-state index is 0.0989. The molecule has 0 fully saturated rings. The lowest BCUT2D eigenvalue weighted by molar-refractivity contribution is 0.0736. The van der Waals surface area contributed by atoms with Crippen LogP contribution < -0.4 is 5.32 Å². The van der Waals surface area contributed by atoms with Crippen LogP contribution in [0.1, 0.15) is 45.1 Å². The molecule has 2 heterocycles. The summed E-state index contributed by atoms with van der Waals surface area (Å²) < 4.78 is 1.53. The predicted molar refractivity (Wildman–Crippen MR) is 104 cm³/mol. The van der Waals surface area contributed by atoms with E-state index in [9.17, 15) is 9.59 Å². The molecule has 0 radical (unpaired) electrons. The van der Waals surface area contributed by atoms with E-state index in [-0.39, 0.29) is 29.2 Å². The number of rotatable bonds is 5. The lowest BCUT2D eigenvalue weighted by Crippen LogP contribution is -2.40. The zero-order valence-electron chi connectivity index (χ0n) is 15.6. The lowest BCUT2D eigenvalue weighted by Gasteiger charge is -2.25. The Labute approximate surface area is 163 Å². The minimum Gasteiger partial charge on any atom is -0.342 e. The van der Waals surface area contributed by atoms with E-state index in [1.165, 1.54) is 4.68 Å². The molecule has 4 rings (SSSR count). The Bertz CT molecular complexity index is 985. The maximum atomic E-state index is 13.0. The second-order valence-electron chi connectivity index (χ2n) is 6.71. The van der Waals surface area contributed by atoms with E-state index < -0.39 is 0 Å². The molecule has 0 saturated carbocycles. The topological polar surface area (TPSA) is 80.1 Å². The molecular weight excluding hydrogens is 354 g/mol. The second kappa shape index (κ2) is 7.64. The van der Waals surface area contributed by atoms with Gasteiger partial charge in [0, 0.05) is 13.1 Å². The fourth-order valence-electron chi connectivity index (χ4n) is 3.41. The Morgan fingerprint density at radius 2 is 1.82 bits per heavy atom. The summed E-state index contributed by atoms with van der Waals surface area (Å²) in [5.41, 5.74) is 2.34. The number of amides is 2. The number of benzene rings is 2. The molecule has 1 N–H and O–H groups in total. The molecule has 0 aliphatic carbocycles. The van der Waals surface area contributed by atoms with Crippen LogP contribution in [0, 0.1) is 0 Å². The number of hydrogen-bond donors (Lipinski definition) is 1. The molecule has 2 amide bonds. The zero-order chi connectivity index (χ0) is 19.5.